The van der Waals surface area contributed by atoms with E-state index in [2.05, 4.69) is 4.98 Å². The van der Waals surface area contributed by atoms with Crippen LogP contribution < -0.4 is 0 Å². The number of amides is 1. The van der Waals surface area contributed by atoms with E-state index in [1.54, 1.807) is 12.1 Å². The number of piperidine rings is 1. The number of likely N-dealkylation sites (tertiary alicyclic amines) is 1. The van der Waals surface area contributed by atoms with Crippen molar-refractivity contribution >= 4 is 17.5 Å². The second-order valence-electron chi connectivity index (χ2n) is 4.80. The van der Waals surface area contributed by atoms with Crippen LogP contribution in [0.1, 0.15) is 30.1 Å². The van der Waals surface area contributed by atoms with E-state index in [4.69, 9.17) is 11.6 Å². The predicted octanol–water partition coefficient (Wildman–Crippen LogP) is 1.97. The van der Waals surface area contributed by atoms with Crippen molar-refractivity contribution < 1.29 is 9.90 Å². The van der Waals surface area contributed by atoms with Gasteiger partial charge in [-0.1, -0.05) is 11.6 Å². The molecule has 18 heavy (non-hydrogen) atoms. The van der Waals surface area contributed by atoms with Gasteiger partial charge in [0.2, 0.25) is 0 Å². The first-order valence-electron chi connectivity index (χ1n) is 6.15. The maximum absolute atomic E-state index is 12.4. The van der Waals surface area contributed by atoms with Crippen LogP contribution in [0.15, 0.2) is 18.3 Å². The van der Waals surface area contributed by atoms with Crippen LogP contribution in [-0.4, -0.2) is 40.1 Å². The quantitative estimate of drug-likeness (QED) is 0.835. The van der Waals surface area contributed by atoms with E-state index in [1.165, 1.54) is 6.20 Å². The van der Waals surface area contributed by atoms with Crippen molar-refractivity contribution in [3.8, 4) is 0 Å². The lowest BCUT2D eigenvalue weighted by Crippen LogP contribution is -2.46. The number of hydrogen-bond donors (Lipinski definition) is 1. The summed E-state index contributed by atoms with van der Waals surface area (Å²) in [6, 6.07) is 3.45. The lowest BCUT2D eigenvalue weighted by atomic mass is 9.93. The van der Waals surface area contributed by atoms with Gasteiger partial charge in [-0.15, -0.1) is 0 Å². The zero-order valence-electron chi connectivity index (χ0n) is 10.3. The van der Waals surface area contributed by atoms with Gasteiger partial charge in [-0.05, 0) is 37.8 Å². The van der Waals surface area contributed by atoms with Crippen molar-refractivity contribution in [2.24, 2.45) is 5.92 Å². The van der Waals surface area contributed by atoms with Crippen molar-refractivity contribution in [1.29, 1.82) is 0 Å². The van der Waals surface area contributed by atoms with Crippen molar-refractivity contribution in [3.05, 3.63) is 29.0 Å². The molecule has 1 fully saturated rings. The first-order valence-corrected chi connectivity index (χ1v) is 6.53. The number of aliphatic hydroxyl groups is 1. The number of hydrogen-bond acceptors (Lipinski definition) is 3. The molecule has 0 aromatic carbocycles. The van der Waals surface area contributed by atoms with Gasteiger partial charge in [0.05, 0.1) is 0 Å². The molecule has 1 aliphatic heterocycles. The summed E-state index contributed by atoms with van der Waals surface area (Å²) in [5, 5.41) is 9.55. The van der Waals surface area contributed by atoms with Crippen molar-refractivity contribution in [3.63, 3.8) is 0 Å². The zero-order valence-corrected chi connectivity index (χ0v) is 11.1. The number of halogens is 1. The second kappa shape index (κ2) is 5.67. The molecule has 0 bridgehead atoms. The fourth-order valence-corrected chi connectivity index (χ4v) is 2.49. The van der Waals surface area contributed by atoms with E-state index in [-0.39, 0.29) is 24.5 Å². The van der Waals surface area contributed by atoms with Gasteiger partial charge in [0.15, 0.2) is 0 Å². The summed E-state index contributed by atoms with van der Waals surface area (Å²) >= 11 is 5.80. The fourth-order valence-electron chi connectivity index (χ4n) is 2.32. The molecule has 2 unspecified atom stereocenters. The maximum atomic E-state index is 12.4. The third-order valence-corrected chi connectivity index (χ3v) is 3.68. The molecule has 1 aromatic rings. The van der Waals surface area contributed by atoms with Crippen LogP contribution in [0.2, 0.25) is 5.15 Å². The fraction of sp³-hybridized carbons (Fsp3) is 0.538. The van der Waals surface area contributed by atoms with Crippen LogP contribution in [0.3, 0.4) is 0 Å². The molecule has 5 heteroatoms. The van der Waals surface area contributed by atoms with Gasteiger partial charge in [0.1, 0.15) is 5.15 Å². The lowest BCUT2D eigenvalue weighted by Gasteiger charge is -2.37. The van der Waals surface area contributed by atoms with Crippen molar-refractivity contribution in [2.45, 2.75) is 25.8 Å². The Morgan fingerprint density at radius 2 is 2.39 bits per heavy atom. The summed E-state index contributed by atoms with van der Waals surface area (Å²) in [5.41, 5.74) is 0.556. The van der Waals surface area contributed by atoms with E-state index >= 15 is 0 Å². The Labute approximate surface area is 112 Å². The number of rotatable bonds is 2. The molecule has 1 amide bonds. The highest BCUT2D eigenvalue weighted by molar-refractivity contribution is 6.29. The highest BCUT2D eigenvalue weighted by Gasteiger charge is 2.29. The third kappa shape index (κ3) is 2.82. The second-order valence-corrected chi connectivity index (χ2v) is 5.19. The Balaban J connectivity index is 2.16. The third-order valence-electron chi connectivity index (χ3n) is 3.47. The van der Waals surface area contributed by atoms with E-state index in [9.17, 15) is 9.90 Å². The van der Waals surface area contributed by atoms with Crippen molar-refractivity contribution in [1.82, 2.24) is 9.88 Å². The Hall–Kier alpha value is -1.13. The van der Waals surface area contributed by atoms with Gasteiger partial charge >= 0.3 is 0 Å². The van der Waals surface area contributed by atoms with Gasteiger partial charge in [0, 0.05) is 31.0 Å². The minimum Gasteiger partial charge on any atom is -0.396 e. The van der Waals surface area contributed by atoms with Gasteiger partial charge in [-0.25, -0.2) is 4.98 Å². The monoisotopic (exact) mass is 268 g/mol. The standard InChI is InChI=1S/C13H17ClN2O2/c1-9-2-3-10(8-17)7-16(9)13(18)11-4-5-15-12(14)6-11/h4-6,9-10,17H,2-3,7-8H2,1H3. The van der Waals surface area contributed by atoms with Crippen LogP contribution in [-0.2, 0) is 0 Å². The molecule has 4 nitrogen and oxygen atoms in total. The van der Waals surface area contributed by atoms with Gasteiger partial charge in [-0.2, -0.15) is 0 Å². The number of carbonyl (C=O) groups is 1. The van der Waals surface area contributed by atoms with Gasteiger partial charge in [0.25, 0.3) is 5.91 Å². The molecule has 1 N–H and O–H groups in total. The Morgan fingerprint density at radius 3 is 3.06 bits per heavy atom. The number of aliphatic hydroxyl groups excluding tert-OH is 1. The van der Waals surface area contributed by atoms with Crippen LogP contribution in [0.4, 0.5) is 0 Å². The molecular weight excluding hydrogens is 252 g/mol. The first kappa shape index (κ1) is 13.3. The zero-order chi connectivity index (χ0) is 13.1. The van der Waals surface area contributed by atoms with Crippen LogP contribution in [0.5, 0.6) is 0 Å². The Kier molecular flexibility index (Phi) is 4.19. The smallest absolute Gasteiger partial charge is 0.254 e. The number of carbonyl (C=O) groups excluding carboxylic acids is 1. The van der Waals surface area contributed by atoms with E-state index in [1.807, 2.05) is 11.8 Å². The molecular formula is C13H17ClN2O2. The van der Waals surface area contributed by atoms with E-state index in [0.29, 0.717) is 17.3 Å². The first-order chi connectivity index (χ1) is 8.61. The minimum absolute atomic E-state index is 0.0371. The predicted molar refractivity (Wildman–Crippen MR) is 69.6 cm³/mol. The summed E-state index contributed by atoms with van der Waals surface area (Å²) in [6.07, 6.45) is 3.43. The topological polar surface area (TPSA) is 53.4 Å². The summed E-state index contributed by atoms with van der Waals surface area (Å²) < 4.78 is 0. The molecule has 1 aliphatic rings. The lowest BCUT2D eigenvalue weighted by molar-refractivity contribution is 0.0489. The van der Waals surface area contributed by atoms with Crippen LogP contribution >= 0.6 is 11.6 Å². The molecule has 2 rings (SSSR count). The van der Waals surface area contributed by atoms with Gasteiger partial charge in [-0.3, -0.25) is 4.79 Å². The normalized spacial score (nSPS) is 24.1. The highest BCUT2D eigenvalue weighted by atomic mass is 35.5. The molecule has 2 heterocycles. The summed E-state index contributed by atoms with van der Waals surface area (Å²) in [4.78, 5) is 18.1. The van der Waals surface area contributed by atoms with Gasteiger partial charge < -0.3 is 10.0 Å². The highest BCUT2D eigenvalue weighted by Crippen LogP contribution is 2.23. The number of aromatic nitrogens is 1. The number of nitrogens with zero attached hydrogens (tertiary/aromatic N) is 2. The number of pyridine rings is 1. The molecule has 98 valence electrons. The molecule has 2 atom stereocenters. The molecule has 0 radical (unpaired) electrons. The summed E-state index contributed by atoms with van der Waals surface area (Å²) in [7, 11) is 0. The minimum atomic E-state index is -0.0371. The van der Waals surface area contributed by atoms with E-state index in [0.717, 1.165) is 12.8 Å². The molecule has 1 aromatic heterocycles. The maximum Gasteiger partial charge on any atom is 0.254 e. The molecule has 0 aliphatic carbocycles. The van der Waals surface area contributed by atoms with Crippen molar-refractivity contribution in [2.75, 3.05) is 13.2 Å². The molecule has 1 saturated heterocycles. The average Bonchev–Trinajstić information content (AvgIpc) is 2.38. The van der Waals surface area contributed by atoms with Crippen LogP contribution in [0.25, 0.3) is 0 Å². The summed E-state index contributed by atoms with van der Waals surface area (Å²) in [6.45, 7) is 2.78. The molecule has 0 spiro atoms. The Bertz CT molecular complexity index is 439. The van der Waals surface area contributed by atoms with Crippen LogP contribution in [0, 0.1) is 5.92 Å². The average molecular weight is 269 g/mol. The Morgan fingerprint density at radius 1 is 1.61 bits per heavy atom. The SMILES string of the molecule is CC1CCC(CO)CN1C(=O)c1ccnc(Cl)c1. The molecule has 0 saturated carbocycles. The largest absolute Gasteiger partial charge is 0.396 e. The van der Waals surface area contributed by atoms with E-state index < -0.39 is 0 Å². The summed E-state index contributed by atoms with van der Waals surface area (Å²) in [5.74, 6) is 0.146.